The molecule has 0 radical (unpaired) electrons. The molecule has 0 amide bonds. The molecule has 0 aliphatic carbocycles. The third-order valence-electron chi connectivity index (χ3n) is 2.13. The van der Waals surface area contributed by atoms with E-state index in [9.17, 15) is 10.2 Å². The van der Waals surface area contributed by atoms with Crippen LogP contribution in [0.2, 0.25) is 0 Å². The number of aliphatic hydroxyl groups is 1. The molecule has 1 aromatic carbocycles. The molecule has 4 heteroatoms. The lowest BCUT2D eigenvalue weighted by molar-refractivity contribution is 0.162. The number of hydrogen-bond donors (Lipinski definition) is 3. The van der Waals surface area contributed by atoms with Crippen LogP contribution in [0.5, 0.6) is 5.75 Å². The van der Waals surface area contributed by atoms with Crippen molar-refractivity contribution in [2.45, 2.75) is 24.0 Å². The first-order valence-electron chi connectivity index (χ1n) is 4.37. The average molecular weight is 213 g/mol. The van der Waals surface area contributed by atoms with E-state index in [0.717, 1.165) is 4.90 Å². The van der Waals surface area contributed by atoms with Crippen molar-refractivity contribution < 1.29 is 10.2 Å². The number of phenols is 1. The van der Waals surface area contributed by atoms with Gasteiger partial charge < -0.3 is 15.9 Å². The summed E-state index contributed by atoms with van der Waals surface area (Å²) in [6, 6.07) is 4.83. The van der Waals surface area contributed by atoms with E-state index in [2.05, 4.69) is 0 Å². The SMILES string of the molecule is CSc1cccc([C@H](N)[C@@H](C)O)c1O. The Bertz CT molecular complexity index is 315. The lowest BCUT2D eigenvalue weighted by Gasteiger charge is -2.17. The zero-order valence-electron chi connectivity index (χ0n) is 8.27. The number of hydrogen-bond acceptors (Lipinski definition) is 4. The topological polar surface area (TPSA) is 66.5 Å². The molecule has 78 valence electrons. The van der Waals surface area contributed by atoms with Gasteiger partial charge in [-0.3, -0.25) is 0 Å². The maximum absolute atomic E-state index is 9.80. The second-order valence-corrected chi connectivity index (χ2v) is 4.01. The van der Waals surface area contributed by atoms with Crippen LogP contribution in [0.1, 0.15) is 18.5 Å². The van der Waals surface area contributed by atoms with Crippen molar-refractivity contribution in [2.24, 2.45) is 5.73 Å². The maximum Gasteiger partial charge on any atom is 0.133 e. The van der Waals surface area contributed by atoms with Crippen molar-refractivity contribution in [2.75, 3.05) is 6.26 Å². The van der Waals surface area contributed by atoms with Gasteiger partial charge in [-0.25, -0.2) is 0 Å². The van der Waals surface area contributed by atoms with Crippen LogP contribution < -0.4 is 5.73 Å². The van der Waals surface area contributed by atoms with Crippen molar-refractivity contribution in [3.63, 3.8) is 0 Å². The standard InChI is InChI=1S/C10H15NO2S/c1-6(12)9(11)7-4-3-5-8(14-2)10(7)13/h3-6,9,12-13H,11H2,1-2H3/t6-,9-/m1/s1. The van der Waals surface area contributed by atoms with Gasteiger partial charge >= 0.3 is 0 Å². The minimum atomic E-state index is -0.669. The number of phenolic OH excluding ortho intramolecular Hbond substituents is 1. The van der Waals surface area contributed by atoms with Gasteiger partial charge in [0.2, 0.25) is 0 Å². The molecule has 0 bridgehead atoms. The Morgan fingerprint density at radius 3 is 2.57 bits per heavy atom. The summed E-state index contributed by atoms with van der Waals surface area (Å²) < 4.78 is 0. The summed E-state index contributed by atoms with van der Waals surface area (Å²) >= 11 is 1.45. The number of aliphatic hydroxyl groups excluding tert-OH is 1. The molecule has 2 atom stereocenters. The summed E-state index contributed by atoms with van der Waals surface area (Å²) in [5, 5.41) is 19.1. The Kier molecular flexibility index (Phi) is 3.80. The van der Waals surface area contributed by atoms with Gasteiger partial charge in [0.25, 0.3) is 0 Å². The van der Waals surface area contributed by atoms with Crippen LogP contribution in [0, 0.1) is 0 Å². The van der Waals surface area contributed by atoms with Crippen LogP contribution in [0.3, 0.4) is 0 Å². The highest BCUT2D eigenvalue weighted by Crippen LogP contribution is 2.33. The second-order valence-electron chi connectivity index (χ2n) is 3.16. The van der Waals surface area contributed by atoms with Crippen molar-refractivity contribution in [3.8, 4) is 5.75 Å². The van der Waals surface area contributed by atoms with Crippen LogP contribution in [0.4, 0.5) is 0 Å². The highest BCUT2D eigenvalue weighted by molar-refractivity contribution is 7.98. The van der Waals surface area contributed by atoms with E-state index in [-0.39, 0.29) is 5.75 Å². The van der Waals surface area contributed by atoms with Crippen LogP contribution in [-0.2, 0) is 0 Å². The van der Waals surface area contributed by atoms with Crippen LogP contribution in [0.25, 0.3) is 0 Å². The summed E-state index contributed by atoms with van der Waals surface area (Å²) in [6.07, 6.45) is 1.21. The van der Waals surface area contributed by atoms with Crippen LogP contribution in [0.15, 0.2) is 23.1 Å². The molecule has 0 spiro atoms. The number of thioether (sulfide) groups is 1. The number of rotatable bonds is 3. The Labute approximate surface area is 87.9 Å². The summed E-state index contributed by atoms with van der Waals surface area (Å²) in [6.45, 7) is 1.61. The van der Waals surface area contributed by atoms with Gasteiger partial charge in [0.1, 0.15) is 5.75 Å². The lowest BCUT2D eigenvalue weighted by Crippen LogP contribution is -2.23. The molecule has 0 unspecified atom stereocenters. The Morgan fingerprint density at radius 2 is 2.07 bits per heavy atom. The molecule has 0 saturated heterocycles. The first-order valence-corrected chi connectivity index (χ1v) is 5.60. The molecule has 0 aliphatic rings. The van der Waals surface area contributed by atoms with E-state index in [0.29, 0.717) is 5.56 Å². The molecular formula is C10H15NO2S. The Hall–Kier alpha value is -0.710. The average Bonchev–Trinajstić information content (AvgIpc) is 2.17. The molecule has 4 N–H and O–H groups in total. The van der Waals surface area contributed by atoms with E-state index < -0.39 is 12.1 Å². The van der Waals surface area contributed by atoms with E-state index >= 15 is 0 Å². The van der Waals surface area contributed by atoms with Crippen molar-refractivity contribution in [1.29, 1.82) is 0 Å². The third-order valence-corrected chi connectivity index (χ3v) is 2.90. The zero-order chi connectivity index (χ0) is 10.7. The molecule has 0 aliphatic heterocycles. The van der Waals surface area contributed by atoms with E-state index in [1.165, 1.54) is 11.8 Å². The highest BCUT2D eigenvalue weighted by Gasteiger charge is 2.17. The molecule has 0 aromatic heterocycles. The fourth-order valence-electron chi connectivity index (χ4n) is 1.23. The minimum Gasteiger partial charge on any atom is -0.506 e. The van der Waals surface area contributed by atoms with Crippen LogP contribution in [-0.4, -0.2) is 22.6 Å². The van der Waals surface area contributed by atoms with Gasteiger partial charge in [-0.2, -0.15) is 0 Å². The molecule has 3 nitrogen and oxygen atoms in total. The largest absolute Gasteiger partial charge is 0.506 e. The predicted octanol–water partition coefficient (Wildman–Crippen LogP) is 1.49. The van der Waals surface area contributed by atoms with Crippen molar-refractivity contribution >= 4 is 11.8 Å². The quantitative estimate of drug-likeness (QED) is 0.666. The maximum atomic E-state index is 9.80. The first kappa shape index (κ1) is 11.4. The van der Waals surface area contributed by atoms with Gasteiger partial charge in [-0.1, -0.05) is 12.1 Å². The van der Waals surface area contributed by atoms with Crippen LogP contribution >= 0.6 is 11.8 Å². The molecule has 0 saturated carbocycles. The predicted molar refractivity (Wildman–Crippen MR) is 58.5 cm³/mol. The minimum absolute atomic E-state index is 0.174. The van der Waals surface area contributed by atoms with E-state index in [1.807, 2.05) is 18.4 Å². The molecule has 1 aromatic rings. The first-order chi connectivity index (χ1) is 6.57. The fourth-order valence-corrected chi connectivity index (χ4v) is 1.76. The Morgan fingerprint density at radius 1 is 1.43 bits per heavy atom. The number of nitrogens with two attached hydrogens (primary N) is 1. The molecule has 0 fully saturated rings. The normalized spacial score (nSPS) is 15.1. The van der Waals surface area contributed by atoms with E-state index in [4.69, 9.17) is 5.73 Å². The lowest BCUT2D eigenvalue weighted by atomic mass is 10.0. The number of benzene rings is 1. The highest BCUT2D eigenvalue weighted by atomic mass is 32.2. The van der Waals surface area contributed by atoms with Gasteiger partial charge in [-0.15, -0.1) is 11.8 Å². The smallest absolute Gasteiger partial charge is 0.133 e. The third kappa shape index (κ3) is 2.20. The van der Waals surface area contributed by atoms with Crippen molar-refractivity contribution in [1.82, 2.24) is 0 Å². The van der Waals surface area contributed by atoms with Gasteiger partial charge in [0, 0.05) is 10.5 Å². The summed E-state index contributed by atoms with van der Waals surface area (Å²) in [5.41, 5.74) is 6.33. The van der Waals surface area contributed by atoms with E-state index in [1.54, 1.807) is 13.0 Å². The van der Waals surface area contributed by atoms with Gasteiger partial charge in [-0.05, 0) is 19.2 Å². The second kappa shape index (κ2) is 4.68. The van der Waals surface area contributed by atoms with Gasteiger partial charge in [0.15, 0.2) is 0 Å². The summed E-state index contributed by atoms with van der Waals surface area (Å²) in [5.74, 6) is 0.174. The fraction of sp³-hybridized carbons (Fsp3) is 0.400. The Balaban J connectivity index is 3.09. The summed E-state index contributed by atoms with van der Waals surface area (Å²) in [4.78, 5) is 0.776. The molecule has 0 heterocycles. The van der Waals surface area contributed by atoms with Gasteiger partial charge in [0.05, 0.1) is 12.1 Å². The van der Waals surface area contributed by atoms with Crippen molar-refractivity contribution in [3.05, 3.63) is 23.8 Å². The number of aromatic hydroxyl groups is 1. The molecule has 14 heavy (non-hydrogen) atoms. The molecule has 1 rings (SSSR count). The number of para-hydroxylation sites is 1. The monoisotopic (exact) mass is 213 g/mol. The molecular weight excluding hydrogens is 198 g/mol. The summed E-state index contributed by atoms with van der Waals surface area (Å²) in [7, 11) is 0. The zero-order valence-corrected chi connectivity index (χ0v) is 9.08.